The summed E-state index contributed by atoms with van der Waals surface area (Å²) >= 11 is 3.73. The maximum Gasteiger partial charge on any atom is 0.217 e. The number of aromatic amines is 1. The molecule has 1 amide bonds. The number of amides is 1. The SMILES string of the molecule is COc1c(Br)c2c(c(OC)c1OC)-c1cc3cc(C(C)O)[nH]c3cc1[C@@H](NC(C)=O)CC2. The Kier molecular flexibility index (Phi) is 6.09. The standard InChI is InChI=1S/C24H27BrN2O5/c1-11(28)18-9-13-8-16-15(10-19(13)27-18)17(26-12(2)29)7-6-14-20(16)22(30-3)24(32-5)23(31-4)21(14)25/h8-11,17,27-28H,6-7H2,1-5H3,(H,26,29)/t11?,17-/m0/s1. The molecule has 0 aliphatic heterocycles. The molecule has 7 nitrogen and oxygen atoms in total. The number of aliphatic hydroxyl groups excluding tert-OH is 1. The van der Waals surface area contributed by atoms with Gasteiger partial charge in [-0.2, -0.15) is 0 Å². The number of H-pyrrole nitrogens is 1. The summed E-state index contributed by atoms with van der Waals surface area (Å²) in [6.07, 6.45) is 0.777. The number of carbonyl (C=O) groups excluding carboxylic acids is 1. The molecule has 1 aliphatic carbocycles. The van der Waals surface area contributed by atoms with E-state index >= 15 is 0 Å². The van der Waals surface area contributed by atoms with Crippen LogP contribution in [-0.4, -0.2) is 37.3 Å². The van der Waals surface area contributed by atoms with E-state index in [0.717, 1.165) is 43.3 Å². The molecule has 0 bridgehead atoms. The first kappa shape index (κ1) is 22.5. The zero-order valence-corrected chi connectivity index (χ0v) is 20.3. The molecule has 1 heterocycles. The third-order valence-corrected chi connectivity index (χ3v) is 6.82. The van der Waals surface area contributed by atoms with Crippen LogP contribution in [0.2, 0.25) is 0 Å². The Morgan fingerprint density at radius 1 is 1.16 bits per heavy atom. The molecule has 0 saturated carbocycles. The number of fused-ring (bicyclic) bond motifs is 4. The summed E-state index contributed by atoms with van der Waals surface area (Å²) in [6, 6.07) is 5.88. The fourth-order valence-electron chi connectivity index (χ4n) is 4.57. The molecule has 0 saturated heterocycles. The minimum Gasteiger partial charge on any atom is -0.492 e. The van der Waals surface area contributed by atoms with Crippen molar-refractivity contribution >= 4 is 32.7 Å². The Morgan fingerprint density at radius 2 is 1.84 bits per heavy atom. The Balaban J connectivity index is 2.10. The molecule has 3 N–H and O–H groups in total. The largest absolute Gasteiger partial charge is 0.492 e. The normalized spacial score (nSPS) is 16.0. The molecule has 2 atom stereocenters. The second kappa shape index (κ2) is 8.67. The van der Waals surface area contributed by atoms with Gasteiger partial charge < -0.3 is 29.6 Å². The van der Waals surface area contributed by atoms with E-state index in [4.69, 9.17) is 14.2 Å². The van der Waals surface area contributed by atoms with Crippen LogP contribution in [-0.2, 0) is 11.2 Å². The van der Waals surface area contributed by atoms with Gasteiger partial charge in [0.25, 0.3) is 0 Å². The van der Waals surface area contributed by atoms with Crippen LogP contribution in [0.4, 0.5) is 0 Å². The molecule has 0 radical (unpaired) electrons. The van der Waals surface area contributed by atoms with Gasteiger partial charge >= 0.3 is 0 Å². The first-order chi connectivity index (χ1) is 15.3. The summed E-state index contributed by atoms with van der Waals surface area (Å²) in [5, 5.41) is 14.1. The van der Waals surface area contributed by atoms with Gasteiger partial charge in [-0.15, -0.1) is 0 Å². The van der Waals surface area contributed by atoms with Crippen LogP contribution < -0.4 is 19.5 Å². The number of aromatic nitrogens is 1. The zero-order valence-electron chi connectivity index (χ0n) is 18.8. The lowest BCUT2D eigenvalue weighted by molar-refractivity contribution is -0.119. The molecular formula is C24H27BrN2O5. The fourth-order valence-corrected chi connectivity index (χ4v) is 5.31. The summed E-state index contributed by atoms with van der Waals surface area (Å²) in [5.41, 5.74) is 5.48. The molecule has 32 heavy (non-hydrogen) atoms. The number of nitrogens with one attached hydrogen (secondary N) is 2. The number of aliphatic hydroxyl groups is 1. The van der Waals surface area contributed by atoms with Gasteiger partial charge in [-0.1, -0.05) is 0 Å². The fraction of sp³-hybridized carbons (Fsp3) is 0.375. The number of hydrogen-bond acceptors (Lipinski definition) is 5. The van der Waals surface area contributed by atoms with E-state index in [1.807, 2.05) is 6.07 Å². The van der Waals surface area contributed by atoms with Crippen LogP contribution in [0.3, 0.4) is 0 Å². The molecule has 1 unspecified atom stereocenters. The van der Waals surface area contributed by atoms with E-state index in [1.54, 1.807) is 28.3 Å². The number of carbonyl (C=O) groups is 1. The molecule has 1 aromatic heterocycles. The minimum absolute atomic E-state index is 0.0932. The molecule has 1 aliphatic rings. The van der Waals surface area contributed by atoms with E-state index in [-0.39, 0.29) is 11.9 Å². The van der Waals surface area contributed by atoms with Crippen LogP contribution in [0, 0.1) is 0 Å². The Morgan fingerprint density at radius 3 is 2.44 bits per heavy atom. The highest BCUT2D eigenvalue weighted by molar-refractivity contribution is 9.10. The number of benzene rings is 2. The second-order valence-electron chi connectivity index (χ2n) is 7.99. The van der Waals surface area contributed by atoms with Gasteiger partial charge in [0.05, 0.1) is 37.9 Å². The maximum atomic E-state index is 12.0. The summed E-state index contributed by atoms with van der Waals surface area (Å²) in [6.45, 7) is 3.25. The van der Waals surface area contributed by atoms with Gasteiger partial charge in [0.2, 0.25) is 11.7 Å². The van der Waals surface area contributed by atoms with Crippen LogP contribution in [0.5, 0.6) is 17.2 Å². The first-order valence-electron chi connectivity index (χ1n) is 10.4. The van der Waals surface area contributed by atoms with Crippen molar-refractivity contribution in [2.75, 3.05) is 21.3 Å². The summed E-state index contributed by atoms with van der Waals surface area (Å²) in [4.78, 5) is 15.3. The van der Waals surface area contributed by atoms with Gasteiger partial charge in [-0.3, -0.25) is 4.79 Å². The van der Waals surface area contributed by atoms with Crippen molar-refractivity contribution in [3.05, 3.63) is 39.5 Å². The van der Waals surface area contributed by atoms with E-state index in [9.17, 15) is 9.90 Å². The monoisotopic (exact) mass is 502 g/mol. The van der Waals surface area contributed by atoms with Crippen molar-refractivity contribution < 1.29 is 24.1 Å². The van der Waals surface area contributed by atoms with Gasteiger partial charge in [0, 0.05) is 29.1 Å². The van der Waals surface area contributed by atoms with Crippen LogP contribution in [0.25, 0.3) is 22.0 Å². The highest BCUT2D eigenvalue weighted by atomic mass is 79.9. The molecule has 170 valence electrons. The average Bonchev–Trinajstić information content (AvgIpc) is 3.12. The van der Waals surface area contributed by atoms with Crippen molar-refractivity contribution in [3.8, 4) is 28.4 Å². The first-order valence-corrected chi connectivity index (χ1v) is 11.2. The van der Waals surface area contributed by atoms with Gasteiger partial charge in [0.15, 0.2) is 11.5 Å². The van der Waals surface area contributed by atoms with Crippen molar-refractivity contribution in [1.29, 1.82) is 0 Å². The third-order valence-electron chi connectivity index (χ3n) is 5.99. The lowest BCUT2D eigenvalue weighted by Gasteiger charge is -2.22. The molecular weight excluding hydrogens is 476 g/mol. The molecule has 8 heteroatoms. The zero-order chi connectivity index (χ0) is 23.2. The topological polar surface area (TPSA) is 92.8 Å². The third kappa shape index (κ3) is 3.61. The average molecular weight is 503 g/mol. The second-order valence-corrected chi connectivity index (χ2v) is 8.78. The molecule has 3 aromatic rings. The maximum absolute atomic E-state index is 12.0. The number of ether oxygens (including phenoxy) is 3. The van der Waals surface area contributed by atoms with Crippen molar-refractivity contribution in [3.63, 3.8) is 0 Å². The molecule has 2 aromatic carbocycles. The van der Waals surface area contributed by atoms with Crippen LogP contribution >= 0.6 is 15.9 Å². The number of halogens is 1. The predicted octanol–water partition coefficient (Wildman–Crippen LogP) is 4.80. The Bertz CT molecular complexity index is 1200. The lowest BCUT2D eigenvalue weighted by Crippen LogP contribution is -2.26. The highest BCUT2D eigenvalue weighted by Gasteiger charge is 2.32. The highest BCUT2D eigenvalue weighted by Crippen LogP contribution is 2.54. The van der Waals surface area contributed by atoms with E-state index in [1.165, 1.54) is 6.92 Å². The van der Waals surface area contributed by atoms with Crippen LogP contribution in [0.1, 0.15) is 49.2 Å². The molecule has 4 rings (SSSR count). The molecule has 0 spiro atoms. The smallest absolute Gasteiger partial charge is 0.217 e. The van der Waals surface area contributed by atoms with Gasteiger partial charge in [0.1, 0.15) is 0 Å². The quantitative estimate of drug-likeness (QED) is 0.465. The minimum atomic E-state index is -0.617. The number of methoxy groups -OCH3 is 3. The van der Waals surface area contributed by atoms with Gasteiger partial charge in [-0.05, 0) is 70.6 Å². The summed E-state index contributed by atoms with van der Waals surface area (Å²) in [7, 11) is 4.79. The van der Waals surface area contributed by atoms with E-state index in [0.29, 0.717) is 30.1 Å². The van der Waals surface area contributed by atoms with Crippen LogP contribution in [0.15, 0.2) is 22.7 Å². The van der Waals surface area contributed by atoms with Crippen molar-refractivity contribution in [2.24, 2.45) is 0 Å². The Hall–Kier alpha value is -2.71. The number of hydrogen-bond donors (Lipinski definition) is 3. The predicted molar refractivity (Wildman–Crippen MR) is 127 cm³/mol. The Labute approximate surface area is 195 Å². The van der Waals surface area contributed by atoms with Crippen molar-refractivity contribution in [1.82, 2.24) is 10.3 Å². The number of rotatable bonds is 5. The summed E-state index contributed by atoms with van der Waals surface area (Å²) < 4.78 is 18.0. The van der Waals surface area contributed by atoms with Crippen molar-refractivity contribution in [2.45, 2.75) is 38.8 Å². The van der Waals surface area contributed by atoms with E-state index in [2.05, 4.69) is 38.4 Å². The summed E-state index contributed by atoms with van der Waals surface area (Å²) in [5.74, 6) is 1.56. The van der Waals surface area contributed by atoms with E-state index < -0.39 is 6.10 Å². The molecule has 0 fully saturated rings. The lowest BCUT2D eigenvalue weighted by atomic mass is 9.92. The van der Waals surface area contributed by atoms with Gasteiger partial charge in [-0.25, -0.2) is 0 Å².